The van der Waals surface area contributed by atoms with Gasteiger partial charge in [0.1, 0.15) is 11.1 Å². The Hall–Kier alpha value is -2.63. The van der Waals surface area contributed by atoms with E-state index in [1.165, 1.54) is 28.7 Å². The van der Waals surface area contributed by atoms with Crippen LogP contribution >= 0.6 is 23.1 Å². The summed E-state index contributed by atoms with van der Waals surface area (Å²) in [7, 11) is 0. The monoisotopic (exact) mass is 412 g/mol. The number of rotatable bonds is 5. The van der Waals surface area contributed by atoms with Crippen molar-refractivity contribution in [3.8, 4) is 17.5 Å². The summed E-state index contributed by atoms with van der Waals surface area (Å²) in [5.74, 6) is 0.193. The quantitative estimate of drug-likeness (QED) is 0.587. The number of aromatic nitrogens is 2. The Labute approximate surface area is 172 Å². The van der Waals surface area contributed by atoms with Crippen molar-refractivity contribution in [3.05, 3.63) is 46.8 Å². The van der Waals surface area contributed by atoms with Crippen LogP contribution in [0.3, 0.4) is 0 Å². The van der Waals surface area contributed by atoms with E-state index in [0.29, 0.717) is 21.7 Å². The molecule has 1 amide bonds. The van der Waals surface area contributed by atoms with Gasteiger partial charge in [0.05, 0.1) is 10.8 Å². The molecule has 6 nitrogen and oxygen atoms in total. The van der Waals surface area contributed by atoms with Gasteiger partial charge in [0.2, 0.25) is 11.8 Å². The molecule has 1 aromatic carbocycles. The average molecular weight is 413 g/mol. The van der Waals surface area contributed by atoms with Crippen molar-refractivity contribution in [3.63, 3.8) is 0 Å². The maximum absolute atomic E-state index is 12.4. The molecule has 0 fully saturated rings. The van der Waals surface area contributed by atoms with Gasteiger partial charge in [-0.2, -0.15) is 5.26 Å². The molecule has 0 saturated heterocycles. The standard InChI is InChI=1S/C20H20N4O2S2/c1-12(16(25)22-18-14(11-21)9-10-27-18)28-19-24-23-17(26-19)13-5-7-15(8-6-13)20(2,3)4/h5-10,12H,1-4H3,(H,22,25)/t12-/m1/s1. The summed E-state index contributed by atoms with van der Waals surface area (Å²) in [6, 6.07) is 11.7. The van der Waals surface area contributed by atoms with Crippen molar-refractivity contribution < 1.29 is 9.21 Å². The first kappa shape index (κ1) is 20.1. The summed E-state index contributed by atoms with van der Waals surface area (Å²) in [4.78, 5) is 12.4. The molecule has 2 aromatic heterocycles. The third kappa shape index (κ3) is 4.61. The number of nitriles is 1. The molecular weight excluding hydrogens is 392 g/mol. The molecule has 28 heavy (non-hydrogen) atoms. The first-order chi connectivity index (χ1) is 13.3. The summed E-state index contributed by atoms with van der Waals surface area (Å²) in [5, 5.41) is 22.1. The molecule has 3 aromatic rings. The summed E-state index contributed by atoms with van der Waals surface area (Å²) in [6.45, 7) is 8.23. The average Bonchev–Trinajstić information content (AvgIpc) is 3.30. The molecule has 3 rings (SSSR count). The van der Waals surface area contributed by atoms with Gasteiger partial charge in [-0.3, -0.25) is 4.79 Å². The number of thiophene rings is 1. The number of anilines is 1. The topological polar surface area (TPSA) is 91.8 Å². The highest BCUT2D eigenvalue weighted by molar-refractivity contribution is 8.00. The number of carbonyl (C=O) groups excluding carboxylic acids is 1. The molecule has 0 bridgehead atoms. The summed E-state index contributed by atoms with van der Waals surface area (Å²) in [5.41, 5.74) is 2.59. The fraction of sp³-hybridized carbons (Fsp3) is 0.300. The van der Waals surface area contributed by atoms with E-state index in [1.54, 1.807) is 18.4 Å². The molecular formula is C20H20N4O2S2. The maximum Gasteiger partial charge on any atom is 0.277 e. The van der Waals surface area contributed by atoms with Crippen LogP contribution < -0.4 is 5.32 Å². The molecule has 1 N–H and O–H groups in total. The van der Waals surface area contributed by atoms with Crippen LogP contribution in [0.25, 0.3) is 11.5 Å². The van der Waals surface area contributed by atoms with Gasteiger partial charge < -0.3 is 9.73 Å². The SMILES string of the molecule is C[C@@H](Sc1nnc(-c2ccc(C(C)(C)C)cc2)o1)C(=O)Nc1sccc1C#N. The first-order valence-electron chi connectivity index (χ1n) is 8.67. The molecule has 0 aliphatic heterocycles. The number of hydrogen-bond acceptors (Lipinski definition) is 7. The molecule has 0 unspecified atom stereocenters. The largest absolute Gasteiger partial charge is 0.411 e. The van der Waals surface area contributed by atoms with Gasteiger partial charge in [-0.05, 0) is 41.5 Å². The predicted octanol–water partition coefficient (Wildman–Crippen LogP) is 5.09. The predicted molar refractivity (Wildman–Crippen MR) is 111 cm³/mol. The molecule has 0 aliphatic rings. The van der Waals surface area contributed by atoms with Crippen LogP contribution in [0.1, 0.15) is 38.8 Å². The van der Waals surface area contributed by atoms with E-state index in [-0.39, 0.29) is 11.3 Å². The normalized spacial score (nSPS) is 12.4. The third-order valence-electron chi connectivity index (χ3n) is 4.07. The Morgan fingerprint density at radius 3 is 2.61 bits per heavy atom. The van der Waals surface area contributed by atoms with Crippen molar-refractivity contribution in [1.29, 1.82) is 5.26 Å². The minimum atomic E-state index is -0.454. The summed E-state index contributed by atoms with van der Waals surface area (Å²) >= 11 is 2.49. The lowest BCUT2D eigenvalue weighted by Crippen LogP contribution is -2.22. The van der Waals surface area contributed by atoms with Crippen molar-refractivity contribution >= 4 is 34.0 Å². The first-order valence-corrected chi connectivity index (χ1v) is 10.4. The zero-order valence-electron chi connectivity index (χ0n) is 16.0. The maximum atomic E-state index is 12.4. The number of thioether (sulfide) groups is 1. The van der Waals surface area contributed by atoms with E-state index in [4.69, 9.17) is 9.68 Å². The summed E-state index contributed by atoms with van der Waals surface area (Å²) < 4.78 is 5.71. The second kappa shape index (κ2) is 8.17. The Morgan fingerprint density at radius 1 is 1.25 bits per heavy atom. The molecule has 0 spiro atoms. The number of nitrogens with one attached hydrogen (secondary N) is 1. The van der Waals surface area contributed by atoms with Crippen LogP contribution in [0.5, 0.6) is 0 Å². The number of benzene rings is 1. The Morgan fingerprint density at radius 2 is 1.96 bits per heavy atom. The lowest BCUT2D eigenvalue weighted by atomic mass is 9.87. The van der Waals surface area contributed by atoms with Crippen LogP contribution in [-0.2, 0) is 10.2 Å². The van der Waals surface area contributed by atoms with E-state index in [1.807, 2.05) is 12.1 Å². The van der Waals surface area contributed by atoms with Gasteiger partial charge in [-0.1, -0.05) is 44.7 Å². The van der Waals surface area contributed by atoms with E-state index in [2.05, 4.69) is 54.5 Å². The van der Waals surface area contributed by atoms with Crippen molar-refractivity contribution in [2.75, 3.05) is 5.32 Å². The highest BCUT2D eigenvalue weighted by Crippen LogP contribution is 2.29. The molecule has 144 valence electrons. The fourth-order valence-corrected chi connectivity index (χ4v) is 3.82. The summed E-state index contributed by atoms with van der Waals surface area (Å²) in [6.07, 6.45) is 0. The van der Waals surface area contributed by atoms with Gasteiger partial charge in [-0.25, -0.2) is 0 Å². The zero-order chi connectivity index (χ0) is 20.3. The van der Waals surface area contributed by atoms with E-state index in [9.17, 15) is 4.79 Å². The Bertz CT molecular complexity index is 1010. The van der Waals surface area contributed by atoms with Gasteiger partial charge in [0.15, 0.2) is 0 Å². The minimum absolute atomic E-state index is 0.0746. The van der Waals surface area contributed by atoms with Crippen molar-refractivity contribution in [2.45, 2.75) is 43.6 Å². The highest BCUT2D eigenvalue weighted by Gasteiger charge is 2.20. The molecule has 8 heteroatoms. The van der Waals surface area contributed by atoms with E-state index >= 15 is 0 Å². The van der Waals surface area contributed by atoms with Gasteiger partial charge >= 0.3 is 0 Å². The third-order valence-corrected chi connectivity index (χ3v) is 5.84. The highest BCUT2D eigenvalue weighted by atomic mass is 32.2. The molecule has 0 saturated carbocycles. The van der Waals surface area contributed by atoms with Crippen LogP contribution in [0.2, 0.25) is 0 Å². The second-order valence-electron chi connectivity index (χ2n) is 7.23. The lowest BCUT2D eigenvalue weighted by Gasteiger charge is -2.18. The van der Waals surface area contributed by atoms with Gasteiger partial charge in [0.25, 0.3) is 5.22 Å². The van der Waals surface area contributed by atoms with Crippen molar-refractivity contribution in [2.24, 2.45) is 0 Å². The number of hydrogen-bond donors (Lipinski definition) is 1. The molecule has 0 radical (unpaired) electrons. The van der Waals surface area contributed by atoms with E-state index in [0.717, 1.165) is 5.56 Å². The van der Waals surface area contributed by atoms with E-state index < -0.39 is 5.25 Å². The van der Waals surface area contributed by atoms with Gasteiger partial charge in [-0.15, -0.1) is 21.5 Å². The molecule has 0 aliphatic carbocycles. The molecule has 2 heterocycles. The minimum Gasteiger partial charge on any atom is -0.411 e. The van der Waals surface area contributed by atoms with Crippen LogP contribution in [0, 0.1) is 11.3 Å². The van der Waals surface area contributed by atoms with Crippen LogP contribution in [0.15, 0.2) is 45.4 Å². The number of nitrogens with zero attached hydrogens (tertiary/aromatic N) is 3. The second-order valence-corrected chi connectivity index (χ2v) is 9.43. The van der Waals surface area contributed by atoms with Gasteiger partial charge in [0, 0.05) is 5.56 Å². The van der Waals surface area contributed by atoms with Crippen molar-refractivity contribution in [1.82, 2.24) is 10.2 Å². The Kier molecular flexibility index (Phi) is 5.87. The number of carbonyl (C=O) groups is 1. The zero-order valence-corrected chi connectivity index (χ0v) is 17.6. The fourth-order valence-electron chi connectivity index (χ4n) is 2.40. The van der Waals surface area contributed by atoms with Crippen LogP contribution in [0.4, 0.5) is 5.00 Å². The smallest absolute Gasteiger partial charge is 0.277 e. The number of amides is 1. The van der Waals surface area contributed by atoms with Crippen LogP contribution in [-0.4, -0.2) is 21.4 Å². The molecule has 1 atom stereocenters. The lowest BCUT2D eigenvalue weighted by molar-refractivity contribution is -0.115. The Balaban J connectivity index is 1.65.